The predicted molar refractivity (Wildman–Crippen MR) is 91.6 cm³/mol. The Kier molecular flexibility index (Phi) is 4.20. The largest absolute Gasteiger partial charge is 0.307 e. The first-order valence-electron chi connectivity index (χ1n) is 8.94. The molecule has 3 fully saturated rings. The number of sulfonamides is 1. The molecule has 0 bridgehead atoms. The van der Waals surface area contributed by atoms with Crippen LogP contribution in [-0.4, -0.2) is 37.1 Å². The Labute approximate surface area is 139 Å². The summed E-state index contributed by atoms with van der Waals surface area (Å²) in [6.07, 6.45) is 6.20. The number of benzene rings is 1. The number of hydrogen-bond acceptors (Lipinski definition) is 3. The van der Waals surface area contributed by atoms with Crippen molar-refractivity contribution in [3.63, 3.8) is 0 Å². The molecule has 5 heteroatoms. The van der Waals surface area contributed by atoms with Crippen molar-refractivity contribution >= 4 is 10.0 Å². The quantitative estimate of drug-likeness (QED) is 0.870. The highest BCUT2D eigenvalue weighted by Gasteiger charge is 2.41. The topological polar surface area (TPSA) is 49.4 Å². The minimum absolute atomic E-state index is 0.0736. The van der Waals surface area contributed by atoms with Gasteiger partial charge in [-0.1, -0.05) is 30.3 Å². The predicted octanol–water partition coefficient (Wildman–Crippen LogP) is 2.68. The van der Waals surface area contributed by atoms with E-state index in [-0.39, 0.29) is 5.25 Å². The van der Waals surface area contributed by atoms with Crippen LogP contribution in [0.4, 0.5) is 0 Å². The SMILES string of the molecule is O=S(=O)(C1CC1)N1CCC(NC(c2ccccc2)C2CC2)CC1. The van der Waals surface area contributed by atoms with Crippen LogP contribution in [0.2, 0.25) is 0 Å². The van der Waals surface area contributed by atoms with Crippen molar-refractivity contribution in [1.82, 2.24) is 9.62 Å². The summed E-state index contributed by atoms with van der Waals surface area (Å²) in [5.41, 5.74) is 1.38. The molecule has 0 aromatic heterocycles. The van der Waals surface area contributed by atoms with Gasteiger partial charge in [0, 0.05) is 25.2 Å². The molecule has 1 aliphatic heterocycles. The highest BCUT2D eigenvalue weighted by molar-refractivity contribution is 7.90. The molecular formula is C18H26N2O2S. The van der Waals surface area contributed by atoms with Gasteiger partial charge < -0.3 is 5.32 Å². The minimum Gasteiger partial charge on any atom is -0.307 e. The fraction of sp³-hybridized carbons (Fsp3) is 0.667. The van der Waals surface area contributed by atoms with Gasteiger partial charge in [-0.25, -0.2) is 12.7 Å². The first-order valence-corrected chi connectivity index (χ1v) is 10.4. The van der Waals surface area contributed by atoms with E-state index in [2.05, 4.69) is 35.6 Å². The third-order valence-electron chi connectivity index (χ3n) is 5.43. The average molecular weight is 334 g/mol. The standard InChI is InChI=1S/C18H26N2O2S/c21-23(22,17-8-9-17)20-12-10-16(11-13-20)19-18(15-6-7-15)14-4-2-1-3-5-14/h1-5,15-19H,6-13H2. The second-order valence-corrected chi connectivity index (χ2v) is 9.52. The molecule has 0 spiro atoms. The molecule has 1 atom stereocenters. The van der Waals surface area contributed by atoms with E-state index in [0.29, 0.717) is 25.2 Å². The Bertz CT molecular complexity index is 630. The van der Waals surface area contributed by atoms with Crippen molar-refractivity contribution in [1.29, 1.82) is 0 Å². The monoisotopic (exact) mass is 334 g/mol. The number of nitrogens with zero attached hydrogens (tertiary/aromatic N) is 1. The molecule has 23 heavy (non-hydrogen) atoms. The maximum atomic E-state index is 12.3. The fourth-order valence-corrected chi connectivity index (χ4v) is 5.58. The van der Waals surface area contributed by atoms with E-state index in [4.69, 9.17) is 0 Å². The number of piperidine rings is 1. The van der Waals surface area contributed by atoms with E-state index in [1.807, 2.05) is 0 Å². The van der Waals surface area contributed by atoms with Gasteiger partial charge in [-0.3, -0.25) is 0 Å². The highest BCUT2D eigenvalue weighted by Crippen LogP contribution is 2.41. The van der Waals surface area contributed by atoms with Crippen molar-refractivity contribution in [2.75, 3.05) is 13.1 Å². The van der Waals surface area contributed by atoms with Crippen LogP contribution in [0.25, 0.3) is 0 Å². The van der Waals surface area contributed by atoms with Crippen molar-refractivity contribution in [2.45, 2.75) is 55.9 Å². The lowest BCUT2D eigenvalue weighted by Gasteiger charge is -2.34. The van der Waals surface area contributed by atoms with Crippen LogP contribution in [0, 0.1) is 5.92 Å². The molecule has 1 saturated heterocycles. The van der Waals surface area contributed by atoms with E-state index >= 15 is 0 Å². The molecule has 1 unspecified atom stereocenters. The summed E-state index contributed by atoms with van der Waals surface area (Å²) in [5, 5.41) is 3.76. The van der Waals surface area contributed by atoms with Gasteiger partial charge in [0.1, 0.15) is 0 Å². The zero-order chi connectivity index (χ0) is 15.9. The van der Waals surface area contributed by atoms with Crippen LogP contribution in [-0.2, 0) is 10.0 Å². The van der Waals surface area contributed by atoms with Crippen LogP contribution in [0.15, 0.2) is 30.3 Å². The summed E-state index contributed by atoms with van der Waals surface area (Å²) < 4.78 is 26.4. The summed E-state index contributed by atoms with van der Waals surface area (Å²) in [5.74, 6) is 0.755. The molecule has 126 valence electrons. The van der Waals surface area contributed by atoms with Crippen LogP contribution in [0.3, 0.4) is 0 Å². The average Bonchev–Trinajstić information content (AvgIpc) is 3.46. The highest BCUT2D eigenvalue weighted by atomic mass is 32.2. The summed E-state index contributed by atoms with van der Waals surface area (Å²) in [4.78, 5) is 0. The number of nitrogens with one attached hydrogen (secondary N) is 1. The van der Waals surface area contributed by atoms with Gasteiger partial charge in [-0.2, -0.15) is 0 Å². The maximum absolute atomic E-state index is 12.3. The Morgan fingerprint density at radius 1 is 0.957 bits per heavy atom. The van der Waals surface area contributed by atoms with E-state index in [0.717, 1.165) is 31.6 Å². The van der Waals surface area contributed by atoms with Gasteiger partial charge in [0.25, 0.3) is 0 Å². The van der Waals surface area contributed by atoms with E-state index in [9.17, 15) is 8.42 Å². The Balaban J connectivity index is 1.36. The summed E-state index contributed by atoms with van der Waals surface area (Å²) in [6, 6.07) is 11.6. The first-order chi connectivity index (χ1) is 11.1. The third kappa shape index (κ3) is 3.47. The lowest BCUT2D eigenvalue weighted by molar-refractivity contribution is 0.266. The van der Waals surface area contributed by atoms with Crippen LogP contribution < -0.4 is 5.32 Å². The zero-order valence-corrected chi connectivity index (χ0v) is 14.3. The molecule has 3 aliphatic rings. The lowest BCUT2D eigenvalue weighted by atomic mass is 9.98. The normalized spacial score (nSPS) is 25.4. The second kappa shape index (κ2) is 6.19. The molecule has 0 amide bonds. The molecule has 1 N–H and O–H groups in total. The van der Waals surface area contributed by atoms with Gasteiger partial charge in [0.15, 0.2) is 0 Å². The molecule has 1 aromatic rings. The molecule has 1 heterocycles. The van der Waals surface area contributed by atoms with Gasteiger partial charge in [-0.15, -0.1) is 0 Å². The molecule has 0 radical (unpaired) electrons. The summed E-state index contributed by atoms with van der Waals surface area (Å²) >= 11 is 0. The van der Waals surface area contributed by atoms with Crippen molar-refractivity contribution < 1.29 is 8.42 Å². The third-order valence-corrected chi connectivity index (χ3v) is 7.83. The maximum Gasteiger partial charge on any atom is 0.216 e. The van der Waals surface area contributed by atoms with Crippen LogP contribution in [0.5, 0.6) is 0 Å². The zero-order valence-electron chi connectivity index (χ0n) is 13.5. The Morgan fingerprint density at radius 2 is 1.61 bits per heavy atom. The van der Waals surface area contributed by atoms with Gasteiger partial charge >= 0.3 is 0 Å². The number of hydrogen-bond donors (Lipinski definition) is 1. The van der Waals surface area contributed by atoms with Crippen molar-refractivity contribution in [3.8, 4) is 0 Å². The first kappa shape index (κ1) is 15.6. The van der Waals surface area contributed by atoms with Gasteiger partial charge in [0.05, 0.1) is 5.25 Å². The van der Waals surface area contributed by atoms with E-state index in [1.54, 1.807) is 4.31 Å². The van der Waals surface area contributed by atoms with Gasteiger partial charge in [0.2, 0.25) is 10.0 Å². The smallest absolute Gasteiger partial charge is 0.216 e. The van der Waals surface area contributed by atoms with Gasteiger partial charge in [-0.05, 0) is 50.0 Å². The minimum atomic E-state index is -2.99. The van der Waals surface area contributed by atoms with Crippen molar-refractivity contribution in [2.24, 2.45) is 5.92 Å². The molecule has 4 nitrogen and oxygen atoms in total. The fourth-order valence-electron chi connectivity index (χ4n) is 3.70. The second-order valence-electron chi connectivity index (χ2n) is 7.31. The molecule has 1 aromatic carbocycles. The Morgan fingerprint density at radius 3 is 2.17 bits per heavy atom. The van der Waals surface area contributed by atoms with Crippen LogP contribution >= 0.6 is 0 Å². The Hall–Kier alpha value is -0.910. The molecule has 4 rings (SSSR count). The molecular weight excluding hydrogens is 308 g/mol. The van der Waals surface area contributed by atoms with Crippen molar-refractivity contribution in [3.05, 3.63) is 35.9 Å². The summed E-state index contributed by atoms with van der Waals surface area (Å²) in [6.45, 7) is 1.37. The summed E-state index contributed by atoms with van der Waals surface area (Å²) in [7, 11) is -2.99. The van der Waals surface area contributed by atoms with Crippen LogP contribution in [0.1, 0.15) is 50.1 Å². The molecule has 2 aliphatic carbocycles. The number of rotatable bonds is 6. The van der Waals surface area contributed by atoms with E-state index < -0.39 is 10.0 Å². The lowest BCUT2D eigenvalue weighted by Crippen LogP contribution is -2.46. The van der Waals surface area contributed by atoms with E-state index in [1.165, 1.54) is 18.4 Å². The molecule has 2 saturated carbocycles.